The van der Waals surface area contributed by atoms with Gasteiger partial charge in [-0.25, -0.2) is 0 Å². The van der Waals surface area contributed by atoms with E-state index in [0.29, 0.717) is 5.96 Å². The quantitative estimate of drug-likeness (QED) is 0.397. The molecule has 0 aliphatic carbocycles. The molecule has 0 unspecified atom stereocenters. The maximum Gasteiger partial charge on any atom is 0.325 e. The summed E-state index contributed by atoms with van der Waals surface area (Å²) in [6.45, 7) is 11.2. The number of hydrogen-bond donors (Lipinski definition) is 3. The second-order valence-electron chi connectivity index (χ2n) is 6.66. The number of nitrogens with zero attached hydrogens (tertiary/aromatic N) is 1. The van der Waals surface area contributed by atoms with Gasteiger partial charge in [-0.15, -0.1) is 0 Å². The van der Waals surface area contributed by atoms with Crippen molar-refractivity contribution in [1.29, 1.82) is 0 Å². The van der Waals surface area contributed by atoms with Crippen molar-refractivity contribution in [2.45, 2.75) is 52.7 Å². The van der Waals surface area contributed by atoms with Crippen LogP contribution in [0, 0.1) is 0 Å². The molecule has 0 rings (SSSR count). The van der Waals surface area contributed by atoms with Gasteiger partial charge in [-0.05, 0) is 41.5 Å². The van der Waals surface area contributed by atoms with Crippen LogP contribution in [0.2, 0.25) is 0 Å². The van der Waals surface area contributed by atoms with Gasteiger partial charge >= 0.3 is 5.97 Å². The molecule has 7 nitrogen and oxygen atoms in total. The molecule has 3 N–H and O–H groups in total. The maximum atomic E-state index is 11.7. The highest BCUT2D eigenvalue weighted by Crippen LogP contribution is 2.06. The fraction of sp³-hybridized carbons (Fsp3) is 0.786. The lowest BCUT2D eigenvalue weighted by Gasteiger charge is -2.21. The maximum absolute atomic E-state index is 11.7. The third-order valence-electron chi connectivity index (χ3n) is 1.97. The van der Waals surface area contributed by atoms with Gasteiger partial charge in [0, 0.05) is 12.6 Å². The van der Waals surface area contributed by atoms with Gasteiger partial charge in [0.2, 0.25) is 5.91 Å². The Morgan fingerprint density at radius 1 is 1.00 bits per heavy atom. The lowest BCUT2D eigenvalue weighted by atomic mass is 10.1. The minimum Gasteiger partial charge on any atom is -0.459 e. The highest BCUT2D eigenvalue weighted by molar-refractivity contribution is 5.88. The van der Waals surface area contributed by atoms with Gasteiger partial charge < -0.3 is 20.7 Å². The molecule has 0 aliphatic heterocycles. The number of hydrogen-bond acceptors (Lipinski definition) is 4. The van der Waals surface area contributed by atoms with E-state index in [-0.39, 0.29) is 30.5 Å². The van der Waals surface area contributed by atoms with E-state index in [2.05, 4.69) is 20.9 Å². The molecule has 0 radical (unpaired) electrons. The van der Waals surface area contributed by atoms with Crippen LogP contribution in [0.25, 0.3) is 0 Å². The van der Waals surface area contributed by atoms with E-state index < -0.39 is 5.60 Å². The summed E-state index contributed by atoms with van der Waals surface area (Å²) in [5.74, 6) is -0.169. The number of nitrogens with one attached hydrogen (secondary N) is 3. The van der Waals surface area contributed by atoms with Gasteiger partial charge in [0.1, 0.15) is 12.1 Å². The van der Waals surface area contributed by atoms with Crippen molar-refractivity contribution < 1.29 is 14.3 Å². The van der Waals surface area contributed by atoms with Crippen LogP contribution in [0.4, 0.5) is 0 Å². The molecule has 21 heavy (non-hydrogen) atoms. The fourth-order valence-corrected chi connectivity index (χ4v) is 1.38. The lowest BCUT2D eigenvalue weighted by Crippen LogP contribution is -2.49. The standard InChI is InChI=1S/C14H28N4O3/c1-13(2,3)18-10(19)8-16-12(15-7)17-9-11(20)21-14(4,5)6/h8-9H2,1-7H3,(H,18,19)(H2,15,16,17). The van der Waals surface area contributed by atoms with Gasteiger partial charge in [0.05, 0.1) is 6.54 Å². The van der Waals surface area contributed by atoms with Crippen molar-refractivity contribution in [3.8, 4) is 0 Å². The molecule has 0 bridgehead atoms. The number of carbonyl (C=O) groups is 2. The van der Waals surface area contributed by atoms with Crippen LogP contribution in [-0.2, 0) is 14.3 Å². The number of aliphatic imine (C=N–C) groups is 1. The molecule has 0 aromatic heterocycles. The average Bonchev–Trinajstić information content (AvgIpc) is 2.24. The van der Waals surface area contributed by atoms with Gasteiger partial charge in [-0.1, -0.05) is 0 Å². The Bertz CT molecular complexity index is 358. The predicted molar refractivity (Wildman–Crippen MR) is 83.1 cm³/mol. The number of esters is 1. The number of guanidine groups is 1. The predicted octanol–water partition coefficient (Wildman–Crippen LogP) is 0.408. The molecule has 0 atom stereocenters. The van der Waals surface area contributed by atoms with Crippen LogP contribution < -0.4 is 16.0 Å². The van der Waals surface area contributed by atoms with Crippen LogP contribution in [0.1, 0.15) is 41.5 Å². The van der Waals surface area contributed by atoms with Gasteiger partial charge in [0.25, 0.3) is 0 Å². The van der Waals surface area contributed by atoms with Crippen molar-refractivity contribution in [1.82, 2.24) is 16.0 Å². The molecular formula is C14H28N4O3. The number of carbonyl (C=O) groups excluding carboxylic acids is 2. The molecular weight excluding hydrogens is 272 g/mol. The zero-order chi connectivity index (χ0) is 16.7. The molecule has 0 saturated carbocycles. The topological polar surface area (TPSA) is 91.8 Å². The molecule has 0 saturated heterocycles. The minimum atomic E-state index is -0.525. The normalized spacial score (nSPS) is 12.6. The Balaban J connectivity index is 4.14. The zero-order valence-corrected chi connectivity index (χ0v) is 14.1. The van der Waals surface area contributed by atoms with E-state index in [1.807, 2.05) is 20.8 Å². The van der Waals surface area contributed by atoms with Crippen molar-refractivity contribution in [3.63, 3.8) is 0 Å². The summed E-state index contributed by atoms with van der Waals surface area (Å²) in [5, 5.41) is 8.44. The van der Waals surface area contributed by atoms with Crippen LogP contribution in [0.5, 0.6) is 0 Å². The van der Waals surface area contributed by atoms with Crippen LogP contribution >= 0.6 is 0 Å². The summed E-state index contributed by atoms with van der Waals surface area (Å²) in [6, 6.07) is 0. The third kappa shape index (κ3) is 11.7. The summed E-state index contributed by atoms with van der Waals surface area (Å²) >= 11 is 0. The average molecular weight is 300 g/mol. The van der Waals surface area contributed by atoms with Crippen LogP contribution in [0.3, 0.4) is 0 Å². The highest BCUT2D eigenvalue weighted by Gasteiger charge is 2.17. The second-order valence-corrected chi connectivity index (χ2v) is 6.66. The second kappa shape index (κ2) is 7.85. The lowest BCUT2D eigenvalue weighted by molar-refractivity contribution is -0.153. The van der Waals surface area contributed by atoms with Crippen molar-refractivity contribution in [2.75, 3.05) is 20.1 Å². The largest absolute Gasteiger partial charge is 0.459 e. The summed E-state index contributed by atoms with van der Waals surface area (Å²) < 4.78 is 5.16. The molecule has 0 aliphatic rings. The van der Waals surface area contributed by atoms with Crippen LogP contribution in [0.15, 0.2) is 4.99 Å². The number of amides is 1. The number of ether oxygens (including phenoxy) is 1. The summed E-state index contributed by atoms with van der Waals surface area (Å²) in [5.41, 5.74) is -0.811. The molecule has 122 valence electrons. The molecule has 0 heterocycles. The summed E-state index contributed by atoms with van der Waals surface area (Å²) in [6.07, 6.45) is 0. The summed E-state index contributed by atoms with van der Waals surface area (Å²) in [7, 11) is 1.56. The molecule has 0 spiro atoms. The smallest absolute Gasteiger partial charge is 0.325 e. The first-order chi connectivity index (χ1) is 9.43. The Morgan fingerprint density at radius 2 is 1.52 bits per heavy atom. The van der Waals surface area contributed by atoms with Crippen molar-refractivity contribution in [2.24, 2.45) is 4.99 Å². The minimum absolute atomic E-state index is 0.0160. The molecule has 1 amide bonds. The molecule has 7 heteroatoms. The number of rotatable bonds is 4. The van der Waals surface area contributed by atoms with E-state index in [9.17, 15) is 9.59 Å². The highest BCUT2D eigenvalue weighted by atomic mass is 16.6. The first-order valence-electron chi connectivity index (χ1n) is 6.90. The molecule has 0 fully saturated rings. The van der Waals surface area contributed by atoms with Gasteiger partial charge in [0.15, 0.2) is 5.96 Å². The SMILES string of the molecule is CN=C(NCC(=O)NC(C)(C)C)NCC(=O)OC(C)(C)C. The third-order valence-corrected chi connectivity index (χ3v) is 1.97. The molecule has 0 aromatic rings. The van der Waals surface area contributed by atoms with Crippen LogP contribution in [-0.4, -0.2) is 49.1 Å². The van der Waals surface area contributed by atoms with Crippen molar-refractivity contribution >= 4 is 17.8 Å². The van der Waals surface area contributed by atoms with E-state index in [0.717, 1.165) is 0 Å². The zero-order valence-electron chi connectivity index (χ0n) is 14.1. The Kier molecular flexibility index (Phi) is 7.18. The first kappa shape index (κ1) is 19.2. The van der Waals surface area contributed by atoms with E-state index in [1.54, 1.807) is 27.8 Å². The monoisotopic (exact) mass is 300 g/mol. The Morgan fingerprint density at radius 3 is 1.95 bits per heavy atom. The molecule has 0 aromatic carbocycles. The van der Waals surface area contributed by atoms with Crippen molar-refractivity contribution in [3.05, 3.63) is 0 Å². The Labute approximate surface area is 126 Å². The summed E-state index contributed by atoms with van der Waals surface area (Å²) in [4.78, 5) is 27.1. The van der Waals surface area contributed by atoms with Gasteiger partial charge in [-0.2, -0.15) is 0 Å². The van der Waals surface area contributed by atoms with E-state index >= 15 is 0 Å². The van der Waals surface area contributed by atoms with E-state index in [1.165, 1.54) is 0 Å². The fourth-order valence-electron chi connectivity index (χ4n) is 1.38. The Hall–Kier alpha value is -1.79. The van der Waals surface area contributed by atoms with Gasteiger partial charge in [-0.3, -0.25) is 14.6 Å². The first-order valence-corrected chi connectivity index (χ1v) is 6.90. The van der Waals surface area contributed by atoms with E-state index in [4.69, 9.17) is 4.74 Å².